The van der Waals surface area contributed by atoms with Crippen molar-refractivity contribution in [2.24, 2.45) is 0 Å². The summed E-state index contributed by atoms with van der Waals surface area (Å²) in [7, 11) is 0. The maximum absolute atomic E-state index is 5.05. The molecule has 0 saturated carbocycles. The van der Waals surface area contributed by atoms with Gasteiger partial charge >= 0.3 is 0 Å². The Morgan fingerprint density at radius 1 is 1.24 bits per heavy atom. The molecule has 0 aliphatic heterocycles. The lowest BCUT2D eigenvalue weighted by molar-refractivity contribution is 0.372. The molecule has 2 aromatic heterocycles. The minimum absolute atomic E-state index is 0.564. The first-order valence-electron chi connectivity index (χ1n) is 6.65. The molecule has 0 aliphatic carbocycles. The summed E-state index contributed by atoms with van der Waals surface area (Å²) >= 11 is 0. The average Bonchev–Trinajstić information content (AvgIpc) is 3.13. The van der Waals surface area contributed by atoms with Gasteiger partial charge in [0.25, 0.3) is 0 Å². The Labute approximate surface area is 121 Å². The molecule has 0 bridgehead atoms. The zero-order valence-electron chi connectivity index (χ0n) is 11.6. The van der Waals surface area contributed by atoms with Gasteiger partial charge in [-0.25, -0.2) is 0 Å². The van der Waals surface area contributed by atoms with E-state index >= 15 is 0 Å². The van der Waals surface area contributed by atoms with Gasteiger partial charge in [-0.3, -0.25) is 0 Å². The van der Waals surface area contributed by atoms with Crippen LogP contribution >= 0.6 is 0 Å². The molecule has 21 heavy (non-hydrogen) atoms. The highest BCUT2D eigenvalue weighted by atomic mass is 16.5. The summed E-state index contributed by atoms with van der Waals surface area (Å²) in [6, 6.07) is 9.78. The Hall–Kier alpha value is -2.61. The Balaban J connectivity index is 1.55. The van der Waals surface area contributed by atoms with Gasteiger partial charge in [-0.05, 0) is 29.5 Å². The summed E-state index contributed by atoms with van der Waals surface area (Å²) < 4.78 is 6.76. The number of hydrogen-bond donors (Lipinski definition) is 1. The van der Waals surface area contributed by atoms with Gasteiger partial charge in [0.1, 0.15) is 0 Å². The van der Waals surface area contributed by atoms with Crippen molar-refractivity contribution in [3.63, 3.8) is 0 Å². The molecule has 8 nitrogen and oxygen atoms in total. The van der Waals surface area contributed by atoms with E-state index in [1.54, 1.807) is 11.6 Å². The van der Waals surface area contributed by atoms with Crippen molar-refractivity contribution in [1.82, 2.24) is 35.7 Å². The fourth-order valence-corrected chi connectivity index (χ4v) is 1.92. The van der Waals surface area contributed by atoms with Crippen molar-refractivity contribution < 1.29 is 4.52 Å². The fraction of sp³-hybridized carbons (Fsp3) is 0.308. The number of benzene rings is 1. The first-order chi connectivity index (χ1) is 10.3. The van der Waals surface area contributed by atoms with Crippen molar-refractivity contribution in [3.8, 4) is 5.69 Å². The van der Waals surface area contributed by atoms with E-state index in [1.807, 2.05) is 30.3 Å². The van der Waals surface area contributed by atoms with Gasteiger partial charge < -0.3 is 9.84 Å². The summed E-state index contributed by atoms with van der Waals surface area (Å²) in [4.78, 5) is 4.15. The standard InChI is InChI=1S/C13H15N7O/c1-10-15-13(21-17-10)7-8-14-9-12-16-18-19-20(12)11-5-3-2-4-6-11/h2-6,14H,7-9H2,1H3. The predicted molar refractivity (Wildman–Crippen MR) is 73.6 cm³/mol. The van der Waals surface area contributed by atoms with E-state index < -0.39 is 0 Å². The first-order valence-corrected chi connectivity index (χ1v) is 6.65. The van der Waals surface area contributed by atoms with E-state index in [0.29, 0.717) is 31.2 Å². The molecule has 108 valence electrons. The number of hydrogen-bond acceptors (Lipinski definition) is 7. The Morgan fingerprint density at radius 3 is 2.86 bits per heavy atom. The average molecular weight is 285 g/mol. The molecule has 0 radical (unpaired) electrons. The molecule has 1 N–H and O–H groups in total. The summed E-state index contributed by atoms with van der Waals surface area (Å²) in [6.07, 6.45) is 0.674. The maximum atomic E-state index is 5.05. The minimum Gasteiger partial charge on any atom is -0.339 e. The van der Waals surface area contributed by atoms with E-state index in [9.17, 15) is 0 Å². The van der Waals surface area contributed by atoms with Crippen LogP contribution in [0.4, 0.5) is 0 Å². The lowest BCUT2D eigenvalue weighted by Gasteiger charge is -2.05. The molecule has 0 aliphatic rings. The van der Waals surface area contributed by atoms with E-state index in [0.717, 1.165) is 11.5 Å². The third kappa shape index (κ3) is 3.29. The van der Waals surface area contributed by atoms with Crippen LogP contribution in [-0.4, -0.2) is 36.9 Å². The number of tetrazole rings is 1. The van der Waals surface area contributed by atoms with E-state index in [1.165, 1.54) is 0 Å². The van der Waals surface area contributed by atoms with E-state index in [-0.39, 0.29) is 0 Å². The zero-order chi connectivity index (χ0) is 14.5. The normalized spacial score (nSPS) is 10.9. The molecule has 0 amide bonds. The second-order valence-corrected chi connectivity index (χ2v) is 4.50. The van der Waals surface area contributed by atoms with Crippen molar-refractivity contribution in [2.45, 2.75) is 19.9 Å². The first kappa shape index (κ1) is 13.4. The lowest BCUT2D eigenvalue weighted by atomic mass is 10.3. The van der Waals surface area contributed by atoms with Crippen molar-refractivity contribution in [3.05, 3.63) is 47.9 Å². The van der Waals surface area contributed by atoms with Crippen LogP contribution in [0.2, 0.25) is 0 Å². The zero-order valence-corrected chi connectivity index (χ0v) is 11.6. The molecule has 1 aromatic carbocycles. The van der Waals surface area contributed by atoms with Gasteiger partial charge in [0.05, 0.1) is 12.2 Å². The minimum atomic E-state index is 0.564. The summed E-state index contributed by atoms with van der Waals surface area (Å²) in [5.41, 5.74) is 0.937. The largest absolute Gasteiger partial charge is 0.339 e. The predicted octanol–water partition coefficient (Wildman–Crippen LogP) is 0.686. The molecular weight excluding hydrogens is 270 g/mol. The van der Waals surface area contributed by atoms with Crippen molar-refractivity contribution >= 4 is 0 Å². The molecule has 0 fully saturated rings. The molecule has 0 atom stereocenters. The molecule has 3 aromatic rings. The summed E-state index contributed by atoms with van der Waals surface area (Å²) in [6.45, 7) is 3.08. The molecule has 0 saturated heterocycles. The molecular formula is C13H15N7O. The number of para-hydroxylation sites is 1. The molecule has 3 rings (SSSR count). The number of aryl methyl sites for hydroxylation is 1. The van der Waals surface area contributed by atoms with Crippen LogP contribution in [0.3, 0.4) is 0 Å². The lowest BCUT2D eigenvalue weighted by Crippen LogP contribution is -2.19. The number of nitrogens with zero attached hydrogens (tertiary/aromatic N) is 6. The van der Waals surface area contributed by atoms with Crippen LogP contribution in [0.25, 0.3) is 5.69 Å². The fourth-order valence-electron chi connectivity index (χ4n) is 1.92. The number of aromatic nitrogens is 6. The third-order valence-corrected chi connectivity index (χ3v) is 2.90. The van der Waals surface area contributed by atoms with Crippen molar-refractivity contribution in [2.75, 3.05) is 6.54 Å². The highest BCUT2D eigenvalue weighted by molar-refractivity contribution is 5.30. The van der Waals surface area contributed by atoms with Gasteiger partial charge in [0.15, 0.2) is 11.6 Å². The van der Waals surface area contributed by atoms with Crippen molar-refractivity contribution in [1.29, 1.82) is 0 Å². The van der Waals surface area contributed by atoms with Crippen LogP contribution in [-0.2, 0) is 13.0 Å². The molecule has 0 unspecified atom stereocenters. The van der Waals surface area contributed by atoms with E-state index in [4.69, 9.17) is 4.52 Å². The Morgan fingerprint density at radius 2 is 2.10 bits per heavy atom. The molecule has 8 heteroatoms. The van der Waals surface area contributed by atoms with Gasteiger partial charge in [0, 0.05) is 13.0 Å². The van der Waals surface area contributed by atoms with Crippen LogP contribution in [0.5, 0.6) is 0 Å². The van der Waals surface area contributed by atoms with E-state index in [2.05, 4.69) is 31.0 Å². The van der Waals surface area contributed by atoms with Crippen LogP contribution < -0.4 is 5.32 Å². The SMILES string of the molecule is Cc1noc(CCNCc2nnnn2-c2ccccc2)n1. The smallest absolute Gasteiger partial charge is 0.227 e. The van der Waals surface area contributed by atoms with Crippen LogP contribution in [0, 0.1) is 6.92 Å². The van der Waals surface area contributed by atoms with Crippen LogP contribution in [0.15, 0.2) is 34.9 Å². The Bertz CT molecular complexity index is 691. The summed E-state index contributed by atoms with van der Waals surface area (Å²) in [5.74, 6) is 2.03. The monoisotopic (exact) mass is 285 g/mol. The van der Waals surface area contributed by atoms with Gasteiger partial charge in [-0.2, -0.15) is 9.67 Å². The topological polar surface area (TPSA) is 94.5 Å². The quantitative estimate of drug-likeness (QED) is 0.666. The highest BCUT2D eigenvalue weighted by Gasteiger charge is 2.08. The third-order valence-electron chi connectivity index (χ3n) is 2.90. The van der Waals surface area contributed by atoms with Gasteiger partial charge in [0.2, 0.25) is 5.89 Å². The Kier molecular flexibility index (Phi) is 3.97. The number of rotatable bonds is 6. The highest BCUT2D eigenvalue weighted by Crippen LogP contribution is 2.06. The summed E-state index contributed by atoms with van der Waals surface area (Å²) in [5, 5.41) is 18.8. The molecule has 2 heterocycles. The van der Waals surface area contributed by atoms with Gasteiger partial charge in [-0.15, -0.1) is 5.10 Å². The molecule has 0 spiro atoms. The second-order valence-electron chi connectivity index (χ2n) is 4.50. The van der Waals surface area contributed by atoms with Gasteiger partial charge in [-0.1, -0.05) is 23.4 Å². The number of nitrogens with one attached hydrogen (secondary N) is 1. The maximum Gasteiger partial charge on any atom is 0.227 e. The van der Waals surface area contributed by atoms with Crippen LogP contribution in [0.1, 0.15) is 17.5 Å². The second kappa shape index (κ2) is 6.23.